The van der Waals surface area contributed by atoms with Crippen LogP contribution >= 0.6 is 0 Å². The zero-order valence-corrected chi connectivity index (χ0v) is 15.6. The van der Waals surface area contributed by atoms with E-state index in [0.717, 1.165) is 5.56 Å². The summed E-state index contributed by atoms with van der Waals surface area (Å²) in [4.78, 5) is 0.101. The van der Waals surface area contributed by atoms with Crippen molar-refractivity contribution in [2.24, 2.45) is 5.73 Å². The lowest BCUT2D eigenvalue weighted by Crippen LogP contribution is -2.39. The number of nitrogen functional groups attached to an aromatic ring is 1. The van der Waals surface area contributed by atoms with Gasteiger partial charge in [0.05, 0.1) is 4.90 Å². The highest BCUT2D eigenvalue weighted by Gasteiger charge is 2.26. The van der Waals surface area contributed by atoms with Crippen molar-refractivity contribution in [2.75, 3.05) is 18.8 Å². The predicted octanol–water partition coefficient (Wildman–Crippen LogP) is 2.03. The first-order valence-corrected chi connectivity index (χ1v) is 9.84. The average Bonchev–Trinajstić information content (AvgIpc) is 2.62. The molecular formula is C19H25N3O3S. The van der Waals surface area contributed by atoms with E-state index in [1.807, 2.05) is 37.3 Å². The molecule has 2 rings (SSSR count). The fourth-order valence-electron chi connectivity index (χ4n) is 2.52. The number of aliphatic hydroxyl groups is 1. The van der Waals surface area contributed by atoms with Crippen molar-refractivity contribution in [3.8, 4) is 0 Å². The van der Waals surface area contributed by atoms with Crippen LogP contribution < -0.4 is 11.5 Å². The lowest BCUT2D eigenvalue weighted by atomic mass is 10.1. The molecule has 2 aromatic rings. The maximum atomic E-state index is 12.9. The van der Waals surface area contributed by atoms with Gasteiger partial charge in [-0.1, -0.05) is 43.3 Å². The molecule has 0 saturated heterocycles. The van der Waals surface area contributed by atoms with Crippen LogP contribution in [0.4, 0.5) is 5.69 Å². The van der Waals surface area contributed by atoms with Gasteiger partial charge in [0, 0.05) is 24.5 Å². The summed E-state index contributed by atoms with van der Waals surface area (Å²) in [6.45, 7) is 2.02. The maximum Gasteiger partial charge on any atom is 0.243 e. The van der Waals surface area contributed by atoms with Gasteiger partial charge in [0.2, 0.25) is 10.0 Å². The first-order valence-electron chi connectivity index (χ1n) is 8.40. The number of sulfonamides is 1. The smallest absolute Gasteiger partial charge is 0.243 e. The standard InChI is InChI=1S/C19H25N3O3S/c1-2-11-22(26(24,25)17-10-6-9-16(20)13-17)14-19(23)18(21)12-15-7-4-3-5-8-15/h3-10,12-13,19,23H,2,11,14,20-21H2,1H3/b18-12-/t19-/m1/s1. The second kappa shape index (κ2) is 8.84. The highest BCUT2D eigenvalue weighted by Crippen LogP contribution is 2.19. The zero-order valence-electron chi connectivity index (χ0n) is 14.7. The first-order chi connectivity index (χ1) is 12.3. The minimum absolute atomic E-state index is 0.101. The van der Waals surface area contributed by atoms with Crippen molar-refractivity contribution in [3.63, 3.8) is 0 Å². The highest BCUT2D eigenvalue weighted by molar-refractivity contribution is 7.89. The van der Waals surface area contributed by atoms with Crippen LogP contribution in [-0.2, 0) is 10.0 Å². The Bertz CT molecular complexity index is 851. The molecule has 0 spiro atoms. The number of hydrogen-bond donors (Lipinski definition) is 3. The summed E-state index contributed by atoms with van der Waals surface area (Å²) in [6.07, 6.45) is 1.14. The van der Waals surface area contributed by atoms with Gasteiger partial charge in [0.25, 0.3) is 0 Å². The number of rotatable bonds is 8. The number of nitrogens with zero attached hydrogens (tertiary/aromatic N) is 1. The van der Waals surface area contributed by atoms with Crippen LogP contribution in [0.2, 0.25) is 0 Å². The third-order valence-corrected chi connectivity index (χ3v) is 5.72. The molecule has 2 aromatic carbocycles. The van der Waals surface area contributed by atoms with Gasteiger partial charge in [-0.05, 0) is 36.3 Å². The summed E-state index contributed by atoms with van der Waals surface area (Å²) in [5.74, 6) is 0. The Balaban J connectivity index is 2.23. The van der Waals surface area contributed by atoms with Crippen LogP contribution in [-0.4, -0.2) is 37.0 Å². The van der Waals surface area contributed by atoms with E-state index in [9.17, 15) is 13.5 Å². The van der Waals surface area contributed by atoms with Crippen molar-refractivity contribution >= 4 is 21.8 Å². The van der Waals surface area contributed by atoms with Gasteiger partial charge in [0.1, 0.15) is 6.10 Å². The van der Waals surface area contributed by atoms with Crippen LogP contribution in [0.15, 0.2) is 65.2 Å². The Hall–Kier alpha value is -2.35. The summed E-state index contributed by atoms with van der Waals surface area (Å²) in [5.41, 5.74) is 13.1. The Morgan fingerprint density at radius 2 is 1.88 bits per heavy atom. The van der Waals surface area contributed by atoms with Crippen LogP contribution in [0.5, 0.6) is 0 Å². The second-order valence-electron chi connectivity index (χ2n) is 6.01. The van der Waals surface area contributed by atoms with Gasteiger partial charge >= 0.3 is 0 Å². The SMILES string of the molecule is CCCN(C[C@@H](O)/C(N)=C/c1ccccc1)S(=O)(=O)c1cccc(N)c1. The van der Waals surface area contributed by atoms with E-state index in [0.29, 0.717) is 12.1 Å². The molecule has 5 N–H and O–H groups in total. The first kappa shape index (κ1) is 20.0. The number of aliphatic hydroxyl groups excluding tert-OH is 1. The minimum Gasteiger partial charge on any atom is -0.400 e. The molecule has 0 amide bonds. The molecule has 0 fully saturated rings. The highest BCUT2D eigenvalue weighted by atomic mass is 32.2. The fourth-order valence-corrected chi connectivity index (χ4v) is 4.11. The average molecular weight is 375 g/mol. The van der Waals surface area contributed by atoms with Gasteiger partial charge in [-0.15, -0.1) is 0 Å². The molecule has 1 atom stereocenters. The number of anilines is 1. The fraction of sp³-hybridized carbons (Fsp3) is 0.263. The normalized spacial score (nSPS) is 13.7. The van der Waals surface area contributed by atoms with Crippen molar-refractivity contribution < 1.29 is 13.5 Å². The molecular weight excluding hydrogens is 350 g/mol. The lowest BCUT2D eigenvalue weighted by Gasteiger charge is -2.24. The van der Waals surface area contributed by atoms with E-state index < -0.39 is 16.1 Å². The Labute approximate surface area is 154 Å². The molecule has 140 valence electrons. The molecule has 0 radical (unpaired) electrons. The number of benzene rings is 2. The van der Waals surface area contributed by atoms with E-state index in [-0.39, 0.29) is 23.7 Å². The van der Waals surface area contributed by atoms with E-state index in [2.05, 4.69) is 0 Å². The monoisotopic (exact) mass is 375 g/mol. The van der Waals surface area contributed by atoms with E-state index in [1.165, 1.54) is 16.4 Å². The maximum absolute atomic E-state index is 12.9. The second-order valence-corrected chi connectivity index (χ2v) is 7.94. The van der Waals surface area contributed by atoms with Gasteiger partial charge in [-0.3, -0.25) is 0 Å². The van der Waals surface area contributed by atoms with E-state index >= 15 is 0 Å². The third kappa shape index (κ3) is 5.08. The van der Waals surface area contributed by atoms with Gasteiger partial charge in [0.15, 0.2) is 0 Å². The Morgan fingerprint density at radius 1 is 1.19 bits per heavy atom. The van der Waals surface area contributed by atoms with E-state index in [1.54, 1.807) is 18.2 Å². The predicted molar refractivity (Wildman–Crippen MR) is 105 cm³/mol. The van der Waals surface area contributed by atoms with E-state index in [4.69, 9.17) is 11.5 Å². The molecule has 7 heteroatoms. The molecule has 26 heavy (non-hydrogen) atoms. The van der Waals surface area contributed by atoms with Gasteiger partial charge in [-0.25, -0.2) is 8.42 Å². The molecule has 0 aromatic heterocycles. The lowest BCUT2D eigenvalue weighted by molar-refractivity contribution is 0.177. The molecule has 0 aliphatic heterocycles. The minimum atomic E-state index is -3.78. The Morgan fingerprint density at radius 3 is 2.50 bits per heavy atom. The van der Waals surface area contributed by atoms with Crippen molar-refractivity contribution in [1.82, 2.24) is 4.31 Å². The number of nitrogens with two attached hydrogens (primary N) is 2. The Kier molecular flexibility index (Phi) is 6.79. The summed E-state index contributed by atoms with van der Waals surface area (Å²) >= 11 is 0. The molecule has 0 heterocycles. The zero-order chi connectivity index (χ0) is 19.2. The quantitative estimate of drug-likeness (QED) is 0.612. The van der Waals surface area contributed by atoms with Crippen molar-refractivity contribution in [3.05, 3.63) is 65.9 Å². The van der Waals surface area contributed by atoms with Crippen LogP contribution in [0.3, 0.4) is 0 Å². The molecule has 0 bridgehead atoms. The van der Waals surface area contributed by atoms with Gasteiger partial charge < -0.3 is 16.6 Å². The molecule has 0 aliphatic rings. The molecule has 0 aliphatic carbocycles. The number of hydrogen-bond acceptors (Lipinski definition) is 5. The molecule has 6 nitrogen and oxygen atoms in total. The van der Waals surface area contributed by atoms with Crippen LogP contribution in [0, 0.1) is 0 Å². The van der Waals surface area contributed by atoms with Crippen molar-refractivity contribution in [2.45, 2.75) is 24.3 Å². The van der Waals surface area contributed by atoms with Crippen LogP contribution in [0.1, 0.15) is 18.9 Å². The summed E-state index contributed by atoms with van der Waals surface area (Å²) in [5, 5.41) is 10.4. The summed E-state index contributed by atoms with van der Waals surface area (Å²) in [7, 11) is -3.78. The van der Waals surface area contributed by atoms with Gasteiger partial charge in [-0.2, -0.15) is 4.31 Å². The largest absolute Gasteiger partial charge is 0.400 e. The topological polar surface area (TPSA) is 110 Å². The van der Waals surface area contributed by atoms with Crippen LogP contribution in [0.25, 0.3) is 6.08 Å². The van der Waals surface area contributed by atoms with Crippen molar-refractivity contribution in [1.29, 1.82) is 0 Å². The summed E-state index contributed by atoms with van der Waals surface area (Å²) < 4.78 is 27.0. The summed E-state index contributed by atoms with van der Waals surface area (Å²) in [6, 6.07) is 15.4. The molecule has 0 unspecified atom stereocenters. The molecule has 0 saturated carbocycles. The third-order valence-electron chi connectivity index (χ3n) is 3.86.